The van der Waals surface area contributed by atoms with Crippen LogP contribution in [0.4, 0.5) is 0 Å². The van der Waals surface area contributed by atoms with E-state index in [2.05, 4.69) is 67.2 Å². The van der Waals surface area contributed by atoms with Gasteiger partial charge < -0.3 is 4.74 Å². The molecule has 1 atom stereocenters. The molecule has 0 aromatic heterocycles. The Bertz CT molecular complexity index is 767. The van der Waals surface area contributed by atoms with Crippen LogP contribution < -0.4 is 0 Å². The van der Waals surface area contributed by atoms with Crippen LogP contribution >= 0.6 is 0 Å². The fraction of sp³-hybridized carbons (Fsp3) is 0.0909. The first kappa shape index (κ1) is 14.0. The topological polar surface area (TPSA) is 12.5 Å². The predicted molar refractivity (Wildman–Crippen MR) is 94.0 cm³/mol. The van der Waals surface area contributed by atoms with Crippen molar-refractivity contribution in [2.45, 2.75) is 11.7 Å². The van der Waals surface area contributed by atoms with Gasteiger partial charge >= 0.3 is 0 Å². The highest BCUT2D eigenvalue weighted by molar-refractivity contribution is 5.73. The number of hydrogen-bond donors (Lipinski definition) is 0. The third kappa shape index (κ3) is 2.30. The van der Waals surface area contributed by atoms with Gasteiger partial charge in [-0.3, -0.25) is 0 Å². The lowest BCUT2D eigenvalue weighted by molar-refractivity contribution is 0.339. The number of epoxide rings is 1. The van der Waals surface area contributed by atoms with E-state index >= 15 is 0 Å². The van der Waals surface area contributed by atoms with Crippen molar-refractivity contribution >= 4 is 5.57 Å². The van der Waals surface area contributed by atoms with Crippen molar-refractivity contribution in [1.29, 1.82) is 0 Å². The highest BCUT2D eigenvalue weighted by Crippen LogP contribution is 2.56. The summed E-state index contributed by atoms with van der Waals surface area (Å²) < 4.78 is 6.29. The van der Waals surface area contributed by atoms with Crippen LogP contribution in [-0.2, 0) is 10.3 Å². The number of rotatable bonds is 4. The summed E-state index contributed by atoms with van der Waals surface area (Å²) >= 11 is 0. The van der Waals surface area contributed by atoms with Crippen LogP contribution in [0.25, 0.3) is 5.57 Å². The van der Waals surface area contributed by atoms with Crippen LogP contribution in [0.3, 0.4) is 0 Å². The first-order chi connectivity index (χ1) is 11.3. The Labute approximate surface area is 136 Å². The van der Waals surface area contributed by atoms with Gasteiger partial charge in [0.15, 0.2) is 0 Å². The van der Waals surface area contributed by atoms with Gasteiger partial charge in [0, 0.05) is 0 Å². The van der Waals surface area contributed by atoms with Crippen LogP contribution in [0.1, 0.15) is 16.7 Å². The molecule has 1 saturated heterocycles. The first-order valence-electron chi connectivity index (χ1n) is 7.85. The second kappa shape index (κ2) is 5.53. The molecule has 4 rings (SSSR count). The summed E-state index contributed by atoms with van der Waals surface area (Å²) in [6.07, 6.45) is -0.0327. The third-order valence-electron chi connectivity index (χ3n) is 4.48. The molecule has 1 fully saturated rings. The fourth-order valence-corrected chi connectivity index (χ4v) is 3.25. The molecular weight excluding hydrogens is 280 g/mol. The Hall–Kier alpha value is -2.64. The van der Waals surface area contributed by atoms with Crippen LogP contribution in [0.15, 0.2) is 97.6 Å². The van der Waals surface area contributed by atoms with Crippen molar-refractivity contribution < 1.29 is 4.74 Å². The third-order valence-corrected chi connectivity index (χ3v) is 4.48. The van der Waals surface area contributed by atoms with Crippen molar-refractivity contribution in [1.82, 2.24) is 0 Å². The van der Waals surface area contributed by atoms with Gasteiger partial charge in [-0.1, -0.05) is 97.6 Å². The molecule has 1 heterocycles. The van der Waals surface area contributed by atoms with Gasteiger partial charge in [0.1, 0.15) is 11.7 Å². The van der Waals surface area contributed by atoms with Gasteiger partial charge in [-0.15, -0.1) is 0 Å². The molecule has 1 nitrogen and oxygen atoms in total. The minimum Gasteiger partial charge on any atom is -0.351 e. The van der Waals surface area contributed by atoms with E-state index in [1.54, 1.807) is 0 Å². The Balaban J connectivity index is 1.77. The molecule has 3 aromatic carbocycles. The first-order valence-corrected chi connectivity index (χ1v) is 7.85. The number of benzene rings is 3. The minimum absolute atomic E-state index is 0.0327. The Kier molecular flexibility index (Phi) is 3.36. The standard InChI is InChI=1S/C22H18O/c1-17(18-11-5-2-6-12-18)21-22(23-21,19-13-7-3-8-14-19)20-15-9-4-10-16-20/h2-16,21H,1H2. The second-order valence-electron chi connectivity index (χ2n) is 5.86. The van der Waals surface area contributed by atoms with E-state index in [0.29, 0.717) is 0 Å². The summed E-state index contributed by atoms with van der Waals surface area (Å²) in [5.74, 6) is 0. The average Bonchev–Trinajstić information content (AvgIpc) is 3.40. The largest absolute Gasteiger partial charge is 0.351 e. The van der Waals surface area contributed by atoms with Crippen molar-refractivity contribution in [3.05, 3.63) is 114 Å². The summed E-state index contributed by atoms with van der Waals surface area (Å²) in [4.78, 5) is 0. The molecule has 1 heteroatoms. The van der Waals surface area contributed by atoms with E-state index in [-0.39, 0.29) is 6.10 Å². The monoisotopic (exact) mass is 298 g/mol. The van der Waals surface area contributed by atoms with E-state index in [0.717, 1.165) is 11.1 Å². The van der Waals surface area contributed by atoms with E-state index in [1.165, 1.54) is 11.1 Å². The molecule has 0 spiro atoms. The molecule has 112 valence electrons. The van der Waals surface area contributed by atoms with Gasteiger partial charge in [-0.2, -0.15) is 0 Å². The smallest absolute Gasteiger partial charge is 0.149 e. The number of ether oxygens (including phenoxy) is 1. The van der Waals surface area contributed by atoms with Gasteiger partial charge in [0.25, 0.3) is 0 Å². The molecule has 0 aliphatic carbocycles. The normalized spacial score (nSPS) is 18.3. The zero-order chi connectivity index (χ0) is 15.7. The Morgan fingerprint density at radius 3 is 1.61 bits per heavy atom. The van der Waals surface area contributed by atoms with Crippen LogP contribution in [0, 0.1) is 0 Å². The molecule has 23 heavy (non-hydrogen) atoms. The summed E-state index contributed by atoms with van der Waals surface area (Å²) in [5, 5.41) is 0. The summed E-state index contributed by atoms with van der Waals surface area (Å²) in [6.45, 7) is 4.31. The fourth-order valence-electron chi connectivity index (χ4n) is 3.25. The predicted octanol–water partition coefficient (Wildman–Crippen LogP) is 5.04. The molecule has 1 aliphatic rings. The lowest BCUT2D eigenvalue weighted by atomic mass is 9.84. The quantitative estimate of drug-likeness (QED) is 0.615. The van der Waals surface area contributed by atoms with Crippen LogP contribution in [0.2, 0.25) is 0 Å². The summed E-state index contributed by atoms with van der Waals surface area (Å²) in [6, 6.07) is 31.1. The van der Waals surface area contributed by atoms with Crippen molar-refractivity contribution in [3.8, 4) is 0 Å². The van der Waals surface area contributed by atoms with Crippen molar-refractivity contribution in [2.24, 2.45) is 0 Å². The van der Waals surface area contributed by atoms with E-state index < -0.39 is 5.60 Å². The molecule has 0 N–H and O–H groups in total. The molecule has 0 saturated carbocycles. The maximum Gasteiger partial charge on any atom is 0.149 e. The van der Waals surface area contributed by atoms with Crippen molar-refractivity contribution in [3.63, 3.8) is 0 Å². The highest BCUT2D eigenvalue weighted by atomic mass is 16.6. The average molecular weight is 298 g/mol. The number of hydrogen-bond acceptors (Lipinski definition) is 1. The molecular formula is C22H18O. The maximum atomic E-state index is 6.29. The Morgan fingerprint density at radius 1 is 0.696 bits per heavy atom. The van der Waals surface area contributed by atoms with Crippen LogP contribution in [-0.4, -0.2) is 6.10 Å². The van der Waals surface area contributed by atoms with Gasteiger partial charge in [0.05, 0.1) is 0 Å². The van der Waals surface area contributed by atoms with E-state index in [4.69, 9.17) is 4.74 Å². The minimum atomic E-state index is -0.421. The molecule has 0 bridgehead atoms. The summed E-state index contributed by atoms with van der Waals surface area (Å²) in [5.41, 5.74) is 4.08. The Morgan fingerprint density at radius 2 is 1.13 bits per heavy atom. The lowest BCUT2D eigenvalue weighted by Gasteiger charge is -2.15. The second-order valence-corrected chi connectivity index (χ2v) is 5.86. The summed E-state index contributed by atoms with van der Waals surface area (Å²) in [7, 11) is 0. The highest BCUT2D eigenvalue weighted by Gasteiger charge is 2.60. The van der Waals surface area contributed by atoms with E-state index in [9.17, 15) is 0 Å². The SMILES string of the molecule is C=C(c1ccccc1)C1OC1(c1ccccc1)c1ccccc1. The molecule has 1 aliphatic heterocycles. The maximum absolute atomic E-state index is 6.29. The van der Waals surface area contributed by atoms with Crippen molar-refractivity contribution in [2.75, 3.05) is 0 Å². The van der Waals surface area contributed by atoms with Crippen LogP contribution in [0.5, 0.6) is 0 Å². The lowest BCUT2D eigenvalue weighted by Crippen LogP contribution is -2.15. The zero-order valence-electron chi connectivity index (χ0n) is 12.9. The molecule has 0 amide bonds. The van der Waals surface area contributed by atoms with Gasteiger partial charge in [-0.05, 0) is 22.3 Å². The van der Waals surface area contributed by atoms with Gasteiger partial charge in [-0.25, -0.2) is 0 Å². The van der Waals surface area contributed by atoms with E-state index in [1.807, 2.05) is 30.3 Å². The van der Waals surface area contributed by atoms with Gasteiger partial charge in [0.2, 0.25) is 0 Å². The molecule has 0 radical (unpaired) electrons. The zero-order valence-corrected chi connectivity index (χ0v) is 12.9. The molecule has 3 aromatic rings. The molecule has 1 unspecified atom stereocenters.